The Hall–Kier alpha value is -4.97. The van der Waals surface area contributed by atoms with Crippen molar-refractivity contribution in [3.63, 3.8) is 0 Å². The van der Waals surface area contributed by atoms with Gasteiger partial charge >= 0.3 is 0 Å². The quantitative estimate of drug-likeness (QED) is 0.207. The molecule has 12 heteroatoms. The van der Waals surface area contributed by atoms with Crippen molar-refractivity contribution in [2.24, 2.45) is 13.0 Å². The number of hydrogen-bond acceptors (Lipinski definition) is 7. The number of para-hydroxylation sites is 1. The van der Waals surface area contributed by atoms with Gasteiger partial charge in [-0.2, -0.15) is 0 Å². The molecule has 0 saturated carbocycles. The van der Waals surface area contributed by atoms with Gasteiger partial charge in [0, 0.05) is 54.1 Å². The van der Waals surface area contributed by atoms with Gasteiger partial charge in [0.1, 0.15) is 0 Å². The Morgan fingerprint density at radius 2 is 1.73 bits per heavy atom. The number of aromatic nitrogens is 2. The van der Waals surface area contributed by atoms with Crippen LogP contribution in [0.1, 0.15) is 63.2 Å². The van der Waals surface area contributed by atoms with Crippen LogP contribution in [-0.4, -0.2) is 51.7 Å². The Bertz CT molecular complexity index is 2030. The molecular weight excluding hydrogens is 648 g/mol. The van der Waals surface area contributed by atoms with Crippen molar-refractivity contribution in [3.05, 3.63) is 122 Å². The highest BCUT2D eigenvalue weighted by atomic mass is 35.5. The Kier molecular flexibility index (Phi) is 9.60. The largest absolute Gasteiger partial charge is 0.459 e. The van der Waals surface area contributed by atoms with Gasteiger partial charge in [-0.05, 0) is 93.8 Å². The van der Waals surface area contributed by atoms with E-state index >= 15 is 0 Å². The van der Waals surface area contributed by atoms with E-state index in [0.29, 0.717) is 52.7 Å². The summed E-state index contributed by atoms with van der Waals surface area (Å²) in [4.78, 5) is 55.3. The van der Waals surface area contributed by atoms with E-state index in [1.54, 1.807) is 46.6 Å². The smallest absolute Gasteiger partial charge is 0.290 e. The van der Waals surface area contributed by atoms with Gasteiger partial charge < -0.3 is 19.9 Å². The highest BCUT2D eigenvalue weighted by molar-refractivity contribution is 6.37. The van der Waals surface area contributed by atoms with Crippen LogP contribution in [0.15, 0.2) is 83.4 Å². The van der Waals surface area contributed by atoms with Crippen molar-refractivity contribution in [1.29, 1.82) is 0 Å². The number of amides is 3. The number of imide groups is 1. The third kappa shape index (κ3) is 6.21. The number of halogens is 1. The molecule has 0 fully saturated rings. The van der Waals surface area contributed by atoms with Crippen LogP contribution in [0.2, 0.25) is 5.02 Å². The molecule has 4 aromatic rings. The van der Waals surface area contributed by atoms with Crippen LogP contribution in [0.4, 0.5) is 11.4 Å². The molecule has 3 atom stereocenters. The molecule has 3 heterocycles. The van der Waals surface area contributed by atoms with E-state index in [0.717, 1.165) is 10.6 Å². The first kappa shape index (κ1) is 33.9. The third-order valence-corrected chi connectivity index (χ3v) is 9.35. The van der Waals surface area contributed by atoms with Gasteiger partial charge in [-0.25, -0.2) is 9.58 Å². The molecular formula is C37H37ClN4O7. The van der Waals surface area contributed by atoms with E-state index in [9.17, 15) is 24.3 Å². The number of rotatable bonds is 10. The van der Waals surface area contributed by atoms with Gasteiger partial charge in [0.05, 0.1) is 22.5 Å². The second kappa shape index (κ2) is 13.9. The maximum Gasteiger partial charge on any atom is 0.290 e. The molecule has 6 rings (SSSR count). The molecule has 11 nitrogen and oxygen atoms in total. The molecule has 2 aliphatic heterocycles. The van der Waals surface area contributed by atoms with E-state index in [1.807, 2.05) is 51.2 Å². The maximum atomic E-state index is 14.1. The maximum absolute atomic E-state index is 14.1. The molecule has 0 radical (unpaired) electrons. The molecule has 254 valence electrons. The van der Waals surface area contributed by atoms with Crippen molar-refractivity contribution >= 4 is 40.7 Å². The number of aliphatic hydroxyl groups excluding tert-OH is 1. The highest BCUT2D eigenvalue weighted by Gasteiger charge is 2.41. The summed E-state index contributed by atoms with van der Waals surface area (Å²) < 4.78 is 15.5. The molecule has 0 bridgehead atoms. The second-order valence-corrected chi connectivity index (χ2v) is 12.5. The van der Waals surface area contributed by atoms with Crippen LogP contribution in [0, 0.1) is 19.8 Å². The van der Waals surface area contributed by atoms with Crippen molar-refractivity contribution < 1.29 is 29.0 Å². The lowest BCUT2D eigenvalue weighted by Gasteiger charge is -2.36. The average Bonchev–Trinajstić information content (AvgIpc) is 3.46. The summed E-state index contributed by atoms with van der Waals surface area (Å²) in [5.41, 5.74) is 3.58. The number of benzene rings is 3. The average molecular weight is 685 g/mol. The number of hydrogen-bond donors (Lipinski definition) is 2. The summed E-state index contributed by atoms with van der Waals surface area (Å²) in [7, 11) is 1.82. The minimum absolute atomic E-state index is 0.0171. The summed E-state index contributed by atoms with van der Waals surface area (Å²) >= 11 is 6.07. The van der Waals surface area contributed by atoms with Gasteiger partial charge in [-0.1, -0.05) is 29.8 Å². The number of aryl methyl sites for hydroxylation is 1. The predicted molar refractivity (Wildman–Crippen MR) is 185 cm³/mol. The van der Waals surface area contributed by atoms with Crippen LogP contribution in [-0.2, 0) is 21.3 Å². The summed E-state index contributed by atoms with van der Waals surface area (Å²) in [5.74, 6) is -2.44. The fourth-order valence-corrected chi connectivity index (χ4v) is 6.85. The van der Waals surface area contributed by atoms with E-state index in [1.165, 1.54) is 12.1 Å². The monoisotopic (exact) mass is 684 g/mol. The van der Waals surface area contributed by atoms with Crippen LogP contribution in [0.3, 0.4) is 0 Å². The van der Waals surface area contributed by atoms with Crippen molar-refractivity contribution in [3.8, 4) is 5.69 Å². The molecule has 3 amide bonds. The molecule has 2 aliphatic rings. The number of carbonyl (C=O) groups is 3. The minimum atomic E-state index is -0.858. The minimum Gasteiger partial charge on any atom is -0.459 e. The number of fused-ring (bicyclic) bond motifs is 1. The summed E-state index contributed by atoms with van der Waals surface area (Å²) in [5, 5.41) is 12.9. The van der Waals surface area contributed by atoms with Gasteiger partial charge in [-0.15, -0.1) is 0 Å². The Morgan fingerprint density at radius 1 is 1.00 bits per heavy atom. The van der Waals surface area contributed by atoms with Crippen molar-refractivity contribution in [2.45, 2.75) is 45.8 Å². The summed E-state index contributed by atoms with van der Waals surface area (Å²) in [6.45, 7) is 5.68. The second-order valence-electron chi connectivity index (χ2n) is 12.1. The van der Waals surface area contributed by atoms with E-state index in [-0.39, 0.29) is 35.0 Å². The fourth-order valence-electron chi connectivity index (χ4n) is 6.68. The molecule has 0 saturated heterocycles. The Balaban J connectivity index is 1.33. The lowest BCUT2D eigenvalue weighted by Crippen LogP contribution is -2.39. The van der Waals surface area contributed by atoms with Gasteiger partial charge in [0.15, 0.2) is 5.76 Å². The van der Waals surface area contributed by atoms with Gasteiger partial charge in [0.2, 0.25) is 6.29 Å². The van der Waals surface area contributed by atoms with E-state index < -0.39 is 29.9 Å². The van der Waals surface area contributed by atoms with Crippen LogP contribution in [0.5, 0.6) is 0 Å². The van der Waals surface area contributed by atoms with Gasteiger partial charge in [0.25, 0.3) is 23.3 Å². The summed E-state index contributed by atoms with van der Waals surface area (Å²) in [6.07, 6.45) is 1.74. The first-order chi connectivity index (χ1) is 23.5. The van der Waals surface area contributed by atoms with Crippen molar-refractivity contribution in [1.82, 2.24) is 9.36 Å². The molecule has 0 aliphatic carbocycles. The zero-order valence-electron chi connectivity index (χ0n) is 27.6. The van der Waals surface area contributed by atoms with Crippen molar-refractivity contribution in [2.75, 3.05) is 23.4 Å². The first-order valence-corrected chi connectivity index (χ1v) is 16.5. The SMILES string of the molecule is CCOC1OC(C(=O)Nc2ccc(N3C(=O)c4ccc(Cl)cc4C3=O)c(C)c2)=CC(c2c(C)n(C)n(-c3ccccc3)c2=O)C1CCCO. The molecule has 49 heavy (non-hydrogen) atoms. The normalized spacial score (nSPS) is 18.7. The number of allylic oxidation sites excluding steroid dienone is 1. The molecule has 3 unspecified atom stereocenters. The molecule has 3 aromatic carbocycles. The summed E-state index contributed by atoms with van der Waals surface area (Å²) in [6, 6.07) is 18.7. The number of aliphatic hydroxyl groups is 1. The molecule has 2 N–H and O–H groups in total. The number of nitrogens with one attached hydrogen (secondary N) is 1. The predicted octanol–water partition coefficient (Wildman–Crippen LogP) is 5.63. The number of anilines is 2. The van der Waals surface area contributed by atoms with Gasteiger partial charge in [-0.3, -0.25) is 23.9 Å². The topological polar surface area (TPSA) is 132 Å². The standard InChI is InChI=1S/C37H37ClN4O7/c1-5-48-37-27(12-9-17-43)28(32-22(3)40(4)42(36(32)47)25-10-7-6-8-11-25)20-31(49-37)33(44)39-24-14-16-30(21(2)18-24)41-34(45)26-15-13-23(38)19-29(26)35(41)46/h6-8,10-11,13-16,18-20,27-28,37,43H,5,9,12,17H2,1-4H3,(H,39,44). The van der Waals surface area contributed by atoms with Crippen LogP contribution >= 0.6 is 11.6 Å². The van der Waals surface area contributed by atoms with E-state index in [2.05, 4.69) is 5.32 Å². The molecule has 1 aromatic heterocycles. The Labute approximate surface area is 288 Å². The number of nitrogens with zero attached hydrogens (tertiary/aromatic N) is 3. The molecule has 0 spiro atoms. The first-order valence-electron chi connectivity index (χ1n) is 16.1. The lowest BCUT2D eigenvalue weighted by molar-refractivity contribution is -0.165. The van der Waals surface area contributed by atoms with E-state index in [4.69, 9.17) is 21.1 Å². The highest BCUT2D eigenvalue weighted by Crippen LogP contribution is 2.40. The lowest BCUT2D eigenvalue weighted by atomic mass is 9.80. The fraction of sp³-hybridized carbons (Fsp3) is 0.297. The zero-order chi connectivity index (χ0) is 35.0. The van der Waals surface area contributed by atoms with Crippen LogP contribution < -0.4 is 15.8 Å². The number of ether oxygens (including phenoxy) is 2. The number of carbonyl (C=O) groups excluding carboxylic acids is 3. The third-order valence-electron chi connectivity index (χ3n) is 9.11. The Morgan fingerprint density at radius 3 is 2.43 bits per heavy atom. The zero-order valence-corrected chi connectivity index (χ0v) is 28.4. The van der Waals surface area contributed by atoms with Crippen LogP contribution in [0.25, 0.3) is 5.69 Å².